The van der Waals surface area contributed by atoms with E-state index < -0.39 is 7.82 Å². The van der Waals surface area contributed by atoms with Gasteiger partial charge in [0, 0.05) is 0 Å². The van der Waals surface area contributed by atoms with Crippen molar-refractivity contribution in [2.24, 2.45) is 0 Å². The van der Waals surface area contributed by atoms with Crippen molar-refractivity contribution in [2.45, 2.75) is 0 Å². The zero-order valence-corrected chi connectivity index (χ0v) is 5.56. The zero-order valence-electron chi connectivity index (χ0n) is 3.11. The third kappa shape index (κ3) is 105. The summed E-state index contributed by atoms with van der Waals surface area (Å²) in [5, 5.41) is 0. The quantitative estimate of drug-likeness (QED) is 0.314. The summed E-state index contributed by atoms with van der Waals surface area (Å²) in [4.78, 5) is 21.6. The van der Waals surface area contributed by atoms with Gasteiger partial charge in [-0.05, 0) is 0 Å². The second-order valence-electron chi connectivity index (χ2n) is 0.513. The molecule has 0 unspecified atom stereocenters. The molecule has 0 saturated carbocycles. The van der Waals surface area contributed by atoms with E-state index in [1.807, 2.05) is 0 Å². The van der Waals surface area contributed by atoms with Gasteiger partial charge in [0.15, 0.2) is 0 Å². The average Bonchev–Trinajstić information content (AvgIpc) is 1.36. The molecule has 0 saturated heterocycles. The van der Waals surface area contributed by atoms with Gasteiger partial charge in [-0.1, -0.05) is 0 Å². The first-order chi connectivity index (χ1) is 3.00. The van der Waals surface area contributed by atoms with Crippen molar-refractivity contribution in [3.63, 3.8) is 0 Å². The van der Waals surface area contributed by atoms with Crippen LogP contribution >= 0.6 is 7.82 Å². The Balaban J connectivity index is -0.0000000750. The van der Waals surface area contributed by atoms with Gasteiger partial charge < -0.3 is 14.7 Å². The Labute approximate surface area is 87.4 Å². The van der Waals surface area contributed by atoms with Crippen LogP contribution in [0.2, 0.25) is 0 Å². The molecular formula is H5CaO5PTi. The van der Waals surface area contributed by atoms with Gasteiger partial charge in [0.2, 0.25) is 0 Å². The molecule has 3 N–H and O–H groups in total. The van der Waals surface area contributed by atoms with Gasteiger partial charge in [-0.2, -0.15) is 0 Å². The van der Waals surface area contributed by atoms with Crippen LogP contribution in [0.5, 0.6) is 0 Å². The summed E-state index contributed by atoms with van der Waals surface area (Å²) in [6.45, 7) is 0. The number of hydrogen-bond acceptors (Lipinski definition) is 2. The molecule has 8 heteroatoms. The maximum absolute atomic E-state index is 8.88. The predicted octanol–water partition coefficient (Wildman–Crippen LogP) is -1.97. The summed E-state index contributed by atoms with van der Waals surface area (Å²) in [5.74, 6) is 0. The Kier molecular flexibility index (Phi) is 18.3. The normalized spacial score (nSPS) is 7.75. The van der Waals surface area contributed by atoms with Gasteiger partial charge >= 0.3 is 69.3 Å². The monoisotopic (exact) mass is 204 g/mol. The van der Waals surface area contributed by atoms with Crippen LogP contribution in [-0.4, -0.2) is 52.4 Å². The molecule has 0 fully saturated rings. The summed E-state index contributed by atoms with van der Waals surface area (Å²) in [6.07, 6.45) is 0. The molecular weight excluding hydrogens is 199 g/mol. The second-order valence-corrected chi connectivity index (χ2v) is 1.54. The second kappa shape index (κ2) is 8.88. The fourth-order valence-electron chi connectivity index (χ4n) is 0. The van der Waals surface area contributed by atoms with Crippen molar-refractivity contribution < 1.29 is 43.0 Å². The number of phosphoric acid groups is 1. The van der Waals surface area contributed by atoms with Crippen LogP contribution in [0.3, 0.4) is 0 Å². The molecule has 0 rings (SSSR count). The Bertz CT molecular complexity index is 68.2. The van der Waals surface area contributed by atoms with Crippen molar-refractivity contribution in [3.8, 4) is 0 Å². The van der Waals surface area contributed by atoms with E-state index >= 15 is 0 Å². The van der Waals surface area contributed by atoms with Gasteiger partial charge in [0.05, 0.1) is 0 Å². The van der Waals surface area contributed by atoms with E-state index in [2.05, 4.69) is 0 Å². The van der Waals surface area contributed by atoms with Crippen LogP contribution in [-0.2, 0) is 28.3 Å². The Hall–Kier alpha value is 1.88. The topological polar surface area (TPSA) is 94.8 Å². The predicted molar refractivity (Wildman–Crippen MR) is 23.5 cm³/mol. The maximum atomic E-state index is 8.88. The van der Waals surface area contributed by atoms with E-state index in [1.165, 1.54) is 0 Å². The molecule has 0 heterocycles. The van der Waals surface area contributed by atoms with Gasteiger partial charge in [0.25, 0.3) is 0 Å². The molecule has 5 nitrogen and oxygen atoms in total. The van der Waals surface area contributed by atoms with Gasteiger partial charge in [0.1, 0.15) is 0 Å². The molecule has 0 bridgehead atoms. The van der Waals surface area contributed by atoms with E-state index in [1.54, 1.807) is 0 Å². The van der Waals surface area contributed by atoms with E-state index in [9.17, 15) is 0 Å². The van der Waals surface area contributed by atoms with Crippen LogP contribution in [0.4, 0.5) is 0 Å². The van der Waals surface area contributed by atoms with Crippen molar-refractivity contribution in [2.75, 3.05) is 0 Å². The third-order valence-corrected chi connectivity index (χ3v) is 0. The summed E-state index contributed by atoms with van der Waals surface area (Å²) < 4.78 is 17.1. The van der Waals surface area contributed by atoms with Crippen LogP contribution in [0, 0.1) is 0 Å². The van der Waals surface area contributed by atoms with E-state index in [4.69, 9.17) is 22.6 Å². The first-order valence-corrected chi connectivity index (χ1v) is 3.19. The molecule has 0 radical (unpaired) electrons. The van der Waals surface area contributed by atoms with Crippen LogP contribution in [0.15, 0.2) is 0 Å². The fourth-order valence-corrected chi connectivity index (χ4v) is 0. The van der Waals surface area contributed by atoms with E-state index in [0.29, 0.717) is 0 Å². The van der Waals surface area contributed by atoms with Crippen molar-refractivity contribution in [3.05, 3.63) is 0 Å². The molecule has 0 amide bonds. The third-order valence-electron chi connectivity index (χ3n) is 0. The van der Waals surface area contributed by atoms with Crippen molar-refractivity contribution >= 4 is 45.6 Å². The molecule has 0 atom stereocenters. The standard InChI is InChI=1S/Ca.H3O4P.O.Ti.2H/c;1-5(2,3)4;;;;/h;(H3,1,2,3,4);;;;. The molecule has 0 spiro atoms. The molecule has 0 aliphatic heterocycles. The molecule has 0 aromatic rings. The van der Waals surface area contributed by atoms with Crippen molar-refractivity contribution in [1.82, 2.24) is 0 Å². The number of hydrogen-bond donors (Lipinski definition) is 3. The van der Waals surface area contributed by atoms with E-state index in [-0.39, 0.29) is 37.7 Å². The fraction of sp³-hybridized carbons (Fsp3) is 0. The van der Waals surface area contributed by atoms with Gasteiger partial charge in [-0.15, -0.1) is 0 Å². The SMILES string of the molecule is O=P(O)(O)O.[CaH2].[O]=[Ti]. The van der Waals surface area contributed by atoms with Crippen LogP contribution < -0.4 is 0 Å². The average molecular weight is 204 g/mol. The summed E-state index contributed by atoms with van der Waals surface area (Å²) >= 11 is 0.750. The Morgan fingerprint density at radius 1 is 1.12 bits per heavy atom. The molecule has 0 aliphatic rings. The van der Waals surface area contributed by atoms with E-state index in [0.717, 1.165) is 20.4 Å². The zero-order chi connectivity index (χ0) is 6.50. The first-order valence-electron chi connectivity index (χ1n) is 0.987. The van der Waals surface area contributed by atoms with Crippen LogP contribution in [0.1, 0.15) is 0 Å². The molecule has 0 aromatic carbocycles. The summed E-state index contributed by atoms with van der Waals surface area (Å²) in [7, 11) is -4.64. The van der Waals surface area contributed by atoms with Gasteiger partial charge in [-0.3, -0.25) is 0 Å². The van der Waals surface area contributed by atoms with Gasteiger partial charge in [-0.25, -0.2) is 4.57 Å². The molecule has 0 aliphatic carbocycles. The Morgan fingerprint density at radius 2 is 1.12 bits per heavy atom. The Morgan fingerprint density at radius 3 is 1.12 bits per heavy atom. The van der Waals surface area contributed by atoms with Crippen molar-refractivity contribution in [1.29, 1.82) is 0 Å². The summed E-state index contributed by atoms with van der Waals surface area (Å²) in [5.41, 5.74) is 0. The molecule has 46 valence electrons. The molecule has 8 heavy (non-hydrogen) atoms. The molecule has 0 aromatic heterocycles. The first kappa shape index (κ1) is 16.5. The summed E-state index contributed by atoms with van der Waals surface area (Å²) in [6, 6.07) is 0. The minimum absolute atomic E-state index is 0. The minimum atomic E-state index is -4.64. The number of rotatable bonds is 0. The van der Waals surface area contributed by atoms with Crippen LogP contribution in [0.25, 0.3) is 0 Å².